The van der Waals surface area contributed by atoms with Crippen LogP contribution in [0.5, 0.6) is 0 Å². The number of alkyl halides is 1. The highest BCUT2D eigenvalue weighted by atomic mass is 35.5. The molecule has 66 valence electrons. The zero-order chi connectivity index (χ0) is 8.97. The molecule has 0 saturated heterocycles. The van der Waals surface area contributed by atoms with Crippen molar-refractivity contribution in [3.8, 4) is 0 Å². The predicted molar refractivity (Wildman–Crippen MR) is 50.6 cm³/mol. The smallest absolute Gasteiger partial charge is 0.223 e. The van der Waals surface area contributed by atoms with E-state index in [2.05, 4.69) is 15.3 Å². The van der Waals surface area contributed by atoms with Gasteiger partial charge < -0.3 is 5.32 Å². The van der Waals surface area contributed by atoms with E-state index in [1.165, 1.54) is 0 Å². The molecule has 1 aromatic heterocycles. The molecule has 1 rings (SSSR count). The van der Waals surface area contributed by atoms with Crippen molar-refractivity contribution in [2.75, 3.05) is 11.2 Å². The maximum atomic E-state index is 5.62. The van der Waals surface area contributed by atoms with Gasteiger partial charge in [-0.15, -0.1) is 11.6 Å². The van der Waals surface area contributed by atoms with Crippen molar-refractivity contribution in [3.63, 3.8) is 0 Å². The van der Waals surface area contributed by atoms with Gasteiger partial charge in [-0.25, -0.2) is 9.97 Å². The molecule has 0 aromatic carbocycles. The van der Waals surface area contributed by atoms with Gasteiger partial charge in [-0.3, -0.25) is 0 Å². The third-order valence-electron chi connectivity index (χ3n) is 1.40. The minimum absolute atomic E-state index is 0.202. The molecule has 4 heteroatoms. The highest BCUT2D eigenvalue weighted by molar-refractivity contribution is 6.18. The molecule has 1 atom stereocenters. The molecule has 1 N–H and O–H groups in total. The number of halogens is 1. The van der Waals surface area contributed by atoms with Gasteiger partial charge in [0.1, 0.15) is 0 Å². The fourth-order valence-corrected chi connectivity index (χ4v) is 0.855. The second-order valence-corrected chi connectivity index (χ2v) is 3.03. The Hall–Kier alpha value is -0.830. The van der Waals surface area contributed by atoms with Crippen LogP contribution in [0.25, 0.3) is 0 Å². The quantitative estimate of drug-likeness (QED) is 0.731. The summed E-state index contributed by atoms with van der Waals surface area (Å²) in [5.41, 5.74) is 0.953. The second kappa shape index (κ2) is 4.26. The summed E-state index contributed by atoms with van der Waals surface area (Å²) in [6.07, 6.45) is 1.73. The molecule has 0 spiro atoms. The van der Waals surface area contributed by atoms with Gasteiger partial charge in [0.2, 0.25) is 5.95 Å². The summed E-state index contributed by atoms with van der Waals surface area (Å²) in [6.45, 7) is 3.91. The van der Waals surface area contributed by atoms with Crippen LogP contribution in [0, 0.1) is 6.92 Å². The van der Waals surface area contributed by atoms with Gasteiger partial charge in [0.25, 0.3) is 0 Å². The van der Waals surface area contributed by atoms with Crippen molar-refractivity contribution in [1.29, 1.82) is 0 Å². The lowest BCUT2D eigenvalue weighted by atomic mass is 10.4. The van der Waals surface area contributed by atoms with E-state index in [0.29, 0.717) is 11.8 Å². The fraction of sp³-hybridized carbons (Fsp3) is 0.500. The molecule has 0 aliphatic heterocycles. The number of nitrogens with one attached hydrogen (secondary N) is 1. The van der Waals surface area contributed by atoms with E-state index in [-0.39, 0.29) is 6.04 Å². The molecule has 0 radical (unpaired) electrons. The van der Waals surface area contributed by atoms with E-state index < -0.39 is 0 Å². The first-order chi connectivity index (χ1) is 5.72. The zero-order valence-corrected chi connectivity index (χ0v) is 7.97. The Morgan fingerprint density at radius 2 is 2.42 bits per heavy atom. The Morgan fingerprint density at radius 1 is 1.67 bits per heavy atom. The van der Waals surface area contributed by atoms with Crippen LogP contribution in [0.4, 0.5) is 5.95 Å². The molecule has 0 saturated carbocycles. The van der Waals surface area contributed by atoms with Crippen LogP contribution in [0.1, 0.15) is 12.6 Å². The summed E-state index contributed by atoms with van der Waals surface area (Å²) >= 11 is 5.62. The molecule has 0 bridgehead atoms. The van der Waals surface area contributed by atoms with Gasteiger partial charge in [-0.1, -0.05) is 0 Å². The van der Waals surface area contributed by atoms with E-state index in [0.717, 1.165) is 5.69 Å². The molecule has 0 fully saturated rings. The largest absolute Gasteiger partial charge is 0.351 e. The SMILES string of the molecule is Cc1ccnc(NC(C)CCl)n1. The van der Waals surface area contributed by atoms with Crippen molar-refractivity contribution in [2.24, 2.45) is 0 Å². The third-order valence-corrected chi connectivity index (χ3v) is 1.86. The van der Waals surface area contributed by atoms with Crippen molar-refractivity contribution in [3.05, 3.63) is 18.0 Å². The summed E-state index contributed by atoms with van der Waals surface area (Å²) < 4.78 is 0. The first kappa shape index (κ1) is 9.26. The Kier molecular flexibility index (Phi) is 3.29. The third kappa shape index (κ3) is 2.66. The van der Waals surface area contributed by atoms with E-state index in [1.54, 1.807) is 6.20 Å². The van der Waals surface area contributed by atoms with Gasteiger partial charge >= 0.3 is 0 Å². The molecule has 0 amide bonds. The number of nitrogens with zero attached hydrogens (tertiary/aromatic N) is 2. The number of anilines is 1. The van der Waals surface area contributed by atoms with Crippen LogP contribution in [-0.2, 0) is 0 Å². The van der Waals surface area contributed by atoms with Gasteiger partial charge in [-0.05, 0) is 19.9 Å². The standard InChI is InChI=1S/C8H12ClN3/c1-6-3-4-10-8(11-6)12-7(2)5-9/h3-4,7H,5H2,1-2H3,(H,10,11,12). The molecule has 3 nitrogen and oxygen atoms in total. The zero-order valence-electron chi connectivity index (χ0n) is 7.21. The van der Waals surface area contributed by atoms with Gasteiger partial charge in [0, 0.05) is 23.8 Å². The summed E-state index contributed by atoms with van der Waals surface area (Å²) in [5.74, 6) is 1.19. The van der Waals surface area contributed by atoms with Crippen LogP contribution in [0.2, 0.25) is 0 Å². The number of aromatic nitrogens is 2. The summed E-state index contributed by atoms with van der Waals surface area (Å²) in [6, 6.07) is 2.06. The van der Waals surface area contributed by atoms with Crippen LogP contribution in [-0.4, -0.2) is 21.9 Å². The number of aryl methyl sites for hydroxylation is 1. The molecule has 12 heavy (non-hydrogen) atoms. The lowest BCUT2D eigenvalue weighted by molar-refractivity contribution is 0.877. The first-order valence-corrected chi connectivity index (χ1v) is 4.38. The van der Waals surface area contributed by atoms with E-state index in [9.17, 15) is 0 Å². The van der Waals surface area contributed by atoms with Crippen LogP contribution < -0.4 is 5.32 Å². The van der Waals surface area contributed by atoms with Gasteiger partial charge in [0.05, 0.1) is 0 Å². The highest BCUT2D eigenvalue weighted by Gasteiger charge is 2.00. The fourth-order valence-electron chi connectivity index (χ4n) is 0.777. The minimum Gasteiger partial charge on any atom is -0.351 e. The van der Waals surface area contributed by atoms with Crippen molar-refractivity contribution in [1.82, 2.24) is 9.97 Å². The lowest BCUT2D eigenvalue weighted by Crippen LogP contribution is -2.18. The highest BCUT2D eigenvalue weighted by Crippen LogP contribution is 2.01. The molecule has 1 heterocycles. The van der Waals surface area contributed by atoms with Crippen molar-refractivity contribution in [2.45, 2.75) is 19.9 Å². The van der Waals surface area contributed by atoms with Gasteiger partial charge in [0.15, 0.2) is 0 Å². The van der Waals surface area contributed by atoms with Crippen molar-refractivity contribution < 1.29 is 0 Å². The maximum absolute atomic E-state index is 5.62. The Labute approximate surface area is 77.2 Å². The molecule has 0 aliphatic rings. The average molecular weight is 186 g/mol. The lowest BCUT2D eigenvalue weighted by Gasteiger charge is -2.09. The summed E-state index contributed by atoms with van der Waals surface area (Å²) in [5, 5.41) is 3.08. The normalized spacial score (nSPS) is 12.6. The van der Waals surface area contributed by atoms with E-state index in [1.807, 2.05) is 19.9 Å². The Balaban J connectivity index is 2.63. The Morgan fingerprint density at radius 3 is 3.00 bits per heavy atom. The second-order valence-electron chi connectivity index (χ2n) is 2.72. The average Bonchev–Trinajstić information content (AvgIpc) is 2.04. The minimum atomic E-state index is 0.202. The monoisotopic (exact) mass is 185 g/mol. The van der Waals surface area contributed by atoms with Crippen molar-refractivity contribution >= 4 is 17.5 Å². The number of rotatable bonds is 3. The number of hydrogen-bond donors (Lipinski definition) is 1. The number of hydrogen-bond acceptors (Lipinski definition) is 3. The maximum Gasteiger partial charge on any atom is 0.223 e. The summed E-state index contributed by atoms with van der Waals surface area (Å²) in [7, 11) is 0. The Bertz CT molecular complexity index is 252. The molecule has 1 unspecified atom stereocenters. The summed E-state index contributed by atoms with van der Waals surface area (Å²) in [4.78, 5) is 8.23. The first-order valence-electron chi connectivity index (χ1n) is 3.84. The van der Waals surface area contributed by atoms with Crippen LogP contribution in [0.3, 0.4) is 0 Å². The van der Waals surface area contributed by atoms with Crippen LogP contribution in [0.15, 0.2) is 12.3 Å². The molecular weight excluding hydrogens is 174 g/mol. The van der Waals surface area contributed by atoms with Crippen LogP contribution >= 0.6 is 11.6 Å². The predicted octanol–water partition coefficient (Wildman–Crippen LogP) is 1.82. The molecule has 0 aliphatic carbocycles. The van der Waals surface area contributed by atoms with Gasteiger partial charge in [-0.2, -0.15) is 0 Å². The molecule has 1 aromatic rings. The van der Waals surface area contributed by atoms with E-state index >= 15 is 0 Å². The molecular formula is C8H12ClN3. The van der Waals surface area contributed by atoms with E-state index in [4.69, 9.17) is 11.6 Å². The topological polar surface area (TPSA) is 37.8 Å².